The van der Waals surface area contributed by atoms with Crippen molar-refractivity contribution < 1.29 is 17.6 Å². The molecule has 0 aliphatic rings. The number of carbonyl (C=O) groups excluding carboxylic acids is 1. The monoisotopic (exact) mass is 356 g/mol. The van der Waals surface area contributed by atoms with Gasteiger partial charge < -0.3 is 5.73 Å². The minimum absolute atomic E-state index is 0.00141. The SMILES string of the molecule is NC(=O)C[C@H](NS(=O)(=O)c1ccc(Cl)cc1)c1ccc(F)cc1. The summed E-state index contributed by atoms with van der Waals surface area (Å²) in [5.74, 6) is -1.15. The fraction of sp³-hybridized carbons (Fsp3) is 0.133. The highest BCUT2D eigenvalue weighted by Crippen LogP contribution is 2.21. The Hall–Kier alpha value is -1.96. The van der Waals surface area contributed by atoms with E-state index in [2.05, 4.69) is 4.72 Å². The first-order chi connectivity index (χ1) is 10.8. The average Bonchev–Trinajstić information content (AvgIpc) is 2.47. The lowest BCUT2D eigenvalue weighted by Gasteiger charge is -2.18. The largest absolute Gasteiger partial charge is 0.370 e. The molecule has 0 saturated heterocycles. The molecule has 8 heteroatoms. The van der Waals surface area contributed by atoms with E-state index in [0.29, 0.717) is 10.6 Å². The van der Waals surface area contributed by atoms with Gasteiger partial charge in [0.25, 0.3) is 0 Å². The lowest BCUT2D eigenvalue weighted by molar-refractivity contribution is -0.118. The first-order valence-electron chi connectivity index (χ1n) is 6.59. The fourth-order valence-electron chi connectivity index (χ4n) is 1.99. The van der Waals surface area contributed by atoms with Crippen LogP contribution in [0.25, 0.3) is 0 Å². The molecule has 122 valence electrons. The second-order valence-corrected chi connectivity index (χ2v) is 7.00. The molecule has 0 heterocycles. The Labute approximate surface area is 138 Å². The second-order valence-electron chi connectivity index (χ2n) is 4.85. The minimum atomic E-state index is -3.89. The van der Waals surface area contributed by atoms with E-state index in [1.165, 1.54) is 48.5 Å². The molecule has 0 aliphatic heterocycles. The summed E-state index contributed by atoms with van der Waals surface area (Å²) in [4.78, 5) is 11.2. The number of hydrogen-bond acceptors (Lipinski definition) is 3. The van der Waals surface area contributed by atoms with Crippen LogP contribution in [0.4, 0.5) is 4.39 Å². The minimum Gasteiger partial charge on any atom is -0.370 e. The summed E-state index contributed by atoms with van der Waals surface area (Å²) in [6.45, 7) is 0. The summed E-state index contributed by atoms with van der Waals surface area (Å²) < 4.78 is 40.2. The van der Waals surface area contributed by atoms with Crippen LogP contribution in [0.3, 0.4) is 0 Å². The van der Waals surface area contributed by atoms with Crippen LogP contribution < -0.4 is 10.5 Å². The first kappa shape index (κ1) is 17.4. The standard InChI is InChI=1S/C15H14ClFN2O3S/c16-11-3-7-13(8-4-11)23(21,22)19-14(9-15(18)20)10-1-5-12(17)6-2-10/h1-8,14,19H,9H2,(H2,18,20)/t14-/m0/s1. The lowest BCUT2D eigenvalue weighted by Crippen LogP contribution is -2.31. The third-order valence-corrected chi connectivity index (χ3v) is 4.84. The van der Waals surface area contributed by atoms with Crippen molar-refractivity contribution in [2.24, 2.45) is 5.73 Å². The third kappa shape index (κ3) is 4.75. The van der Waals surface area contributed by atoms with Gasteiger partial charge in [-0.1, -0.05) is 23.7 Å². The Balaban J connectivity index is 2.31. The van der Waals surface area contributed by atoms with Crippen molar-refractivity contribution in [1.29, 1.82) is 0 Å². The normalized spacial score (nSPS) is 12.8. The fourth-order valence-corrected chi connectivity index (χ4v) is 3.34. The van der Waals surface area contributed by atoms with E-state index in [9.17, 15) is 17.6 Å². The number of halogens is 2. The quantitative estimate of drug-likeness (QED) is 0.832. The number of amides is 1. The molecule has 0 aliphatic carbocycles. The summed E-state index contributed by atoms with van der Waals surface area (Å²) in [7, 11) is -3.89. The molecule has 0 unspecified atom stereocenters. The number of benzene rings is 2. The number of nitrogens with two attached hydrogens (primary N) is 1. The Morgan fingerprint density at radius 2 is 1.70 bits per heavy atom. The molecule has 0 bridgehead atoms. The molecule has 0 spiro atoms. The van der Waals surface area contributed by atoms with Crippen molar-refractivity contribution in [3.63, 3.8) is 0 Å². The molecule has 0 saturated carbocycles. The summed E-state index contributed by atoms with van der Waals surface area (Å²) >= 11 is 5.74. The van der Waals surface area contributed by atoms with Gasteiger partial charge in [-0.2, -0.15) is 0 Å². The molecule has 23 heavy (non-hydrogen) atoms. The maximum absolute atomic E-state index is 13.0. The van der Waals surface area contributed by atoms with Crippen LogP contribution in [0.5, 0.6) is 0 Å². The molecule has 2 aromatic carbocycles. The van der Waals surface area contributed by atoms with E-state index in [1.807, 2.05) is 0 Å². The van der Waals surface area contributed by atoms with E-state index in [4.69, 9.17) is 17.3 Å². The maximum atomic E-state index is 13.0. The Morgan fingerprint density at radius 3 is 2.22 bits per heavy atom. The zero-order valence-corrected chi connectivity index (χ0v) is 13.4. The predicted molar refractivity (Wildman–Crippen MR) is 84.7 cm³/mol. The molecule has 0 radical (unpaired) electrons. The van der Waals surface area contributed by atoms with Crippen LogP contribution >= 0.6 is 11.6 Å². The lowest BCUT2D eigenvalue weighted by atomic mass is 10.0. The summed E-state index contributed by atoms with van der Waals surface area (Å²) in [5.41, 5.74) is 5.61. The van der Waals surface area contributed by atoms with Crippen LogP contribution in [-0.4, -0.2) is 14.3 Å². The van der Waals surface area contributed by atoms with E-state index < -0.39 is 27.8 Å². The van der Waals surface area contributed by atoms with Crippen LogP contribution in [0.15, 0.2) is 53.4 Å². The number of rotatable bonds is 6. The molecule has 5 nitrogen and oxygen atoms in total. The number of sulfonamides is 1. The van der Waals surface area contributed by atoms with Crippen molar-refractivity contribution in [3.8, 4) is 0 Å². The molecule has 0 fully saturated rings. The molecule has 1 amide bonds. The molecular weight excluding hydrogens is 343 g/mol. The van der Waals surface area contributed by atoms with Gasteiger partial charge in [0.15, 0.2) is 0 Å². The van der Waals surface area contributed by atoms with Gasteiger partial charge in [-0.3, -0.25) is 4.79 Å². The molecule has 2 aromatic rings. The van der Waals surface area contributed by atoms with Gasteiger partial charge in [0.2, 0.25) is 15.9 Å². The summed E-state index contributed by atoms with van der Waals surface area (Å²) in [5, 5.41) is 0.399. The Kier molecular flexibility index (Phi) is 5.35. The molecular formula is C15H14ClFN2O3S. The first-order valence-corrected chi connectivity index (χ1v) is 8.46. The smallest absolute Gasteiger partial charge is 0.241 e. The Morgan fingerprint density at radius 1 is 1.13 bits per heavy atom. The number of nitrogens with one attached hydrogen (secondary N) is 1. The van der Waals surface area contributed by atoms with Crippen LogP contribution in [0.2, 0.25) is 5.02 Å². The zero-order valence-electron chi connectivity index (χ0n) is 11.9. The van der Waals surface area contributed by atoms with Gasteiger partial charge in [-0.05, 0) is 42.0 Å². The van der Waals surface area contributed by atoms with Gasteiger partial charge >= 0.3 is 0 Å². The third-order valence-electron chi connectivity index (χ3n) is 3.10. The van der Waals surface area contributed by atoms with E-state index >= 15 is 0 Å². The van der Waals surface area contributed by atoms with Gasteiger partial charge in [-0.15, -0.1) is 0 Å². The van der Waals surface area contributed by atoms with Gasteiger partial charge in [0.05, 0.1) is 10.9 Å². The predicted octanol–water partition coefficient (Wildman–Crippen LogP) is 2.37. The van der Waals surface area contributed by atoms with E-state index in [1.54, 1.807) is 0 Å². The summed E-state index contributed by atoms with van der Waals surface area (Å²) in [6.07, 6.45) is -0.252. The Bertz CT molecular complexity index is 792. The van der Waals surface area contributed by atoms with Crippen molar-refractivity contribution >= 4 is 27.5 Å². The highest BCUT2D eigenvalue weighted by Gasteiger charge is 2.23. The van der Waals surface area contributed by atoms with Gasteiger partial charge in [-0.25, -0.2) is 17.5 Å². The molecule has 2 rings (SSSR count). The molecule has 1 atom stereocenters. The number of carbonyl (C=O) groups is 1. The highest BCUT2D eigenvalue weighted by atomic mass is 35.5. The average molecular weight is 357 g/mol. The van der Waals surface area contributed by atoms with Crippen molar-refractivity contribution in [1.82, 2.24) is 4.72 Å². The maximum Gasteiger partial charge on any atom is 0.241 e. The number of primary amides is 1. The zero-order chi connectivity index (χ0) is 17.0. The van der Waals surface area contributed by atoms with Crippen LogP contribution in [0, 0.1) is 5.82 Å². The van der Waals surface area contributed by atoms with Crippen LogP contribution in [-0.2, 0) is 14.8 Å². The topological polar surface area (TPSA) is 89.3 Å². The van der Waals surface area contributed by atoms with Crippen LogP contribution in [0.1, 0.15) is 18.0 Å². The van der Waals surface area contributed by atoms with Crippen molar-refractivity contribution in [2.45, 2.75) is 17.4 Å². The van der Waals surface area contributed by atoms with Gasteiger partial charge in [0.1, 0.15) is 5.82 Å². The van der Waals surface area contributed by atoms with Crippen molar-refractivity contribution in [2.75, 3.05) is 0 Å². The second kappa shape index (κ2) is 7.08. The van der Waals surface area contributed by atoms with Gasteiger partial charge in [0, 0.05) is 11.4 Å². The summed E-state index contributed by atoms with van der Waals surface area (Å²) in [6, 6.07) is 9.83. The molecule has 0 aromatic heterocycles. The molecule has 3 N–H and O–H groups in total. The highest BCUT2D eigenvalue weighted by molar-refractivity contribution is 7.89. The number of hydrogen-bond donors (Lipinski definition) is 2. The van der Waals surface area contributed by atoms with E-state index in [0.717, 1.165) is 0 Å². The van der Waals surface area contributed by atoms with Crippen molar-refractivity contribution in [3.05, 3.63) is 64.9 Å². The van der Waals surface area contributed by atoms with E-state index in [-0.39, 0.29) is 11.3 Å².